The molecule has 0 radical (unpaired) electrons. The van der Waals surface area contributed by atoms with E-state index in [-0.39, 0.29) is 5.97 Å². The zero-order valence-corrected chi connectivity index (χ0v) is 6.42. The minimum absolute atomic E-state index is 0.245. The summed E-state index contributed by atoms with van der Waals surface area (Å²) < 4.78 is 10.0. The van der Waals surface area contributed by atoms with Gasteiger partial charge in [-0.2, -0.15) is 0 Å². The van der Waals surface area contributed by atoms with Gasteiger partial charge in [-0.1, -0.05) is 0 Å². The molecule has 0 aromatic rings. The van der Waals surface area contributed by atoms with E-state index in [2.05, 4.69) is 10.1 Å². The lowest BCUT2D eigenvalue weighted by Crippen LogP contribution is -2.45. The van der Waals surface area contributed by atoms with Crippen LogP contribution in [0.1, 0.15) is 6.42 Å². The third kappa shape index (κ3) is 0.862. The standard InChI is InChI=1S/C7H11NO3/c1-10-6(9)7-2-5(3-11-7)8-4-7/h5,8H,2-4H2,1H3. The van der Waals surface area contributed by atoms with Gasteiger partial charge in [0.15, 0.2) is 5.60 Å². The van der Waals surface area contributed by atoms with Crippen LogP contribution in [0.25, 0.3) is 0 Å². The van der Waals surface area contributed by atoms with Crippen molar-refractivity contribution < 1.29 is 14.3 Å². The largest absolute Gasteiger partial charge is 0.467 e. The van der Waals surface area contributed by atoms with Crippen LogP contribution in [-0.2, 0) is 14.3 Å². The zero-order valence-electron chi connectivity index (χ0n) is 6.42. The second-order valence-electron chi connectivity index (χ2n) is 3.08. The predicted octanol–water partition coefficient (Wildman–Crippen LogP) is -0.710. The van der Waals surface area contributed by atoms with Crippen molar-refractivity contribution in [3.63, 3.8) is 0 Å². The number of ether oxygens (including phenoxy) is 2. The maximum Gasteiger partial charge on any atom is 0.339 e. The molecule has 0 aromatic carbocycles. The molecule has 2 atom stereocenters. The van der Waals surface area contributed by atoms with E-state index < -0.39 is 5.60 Å². The van der Waals surface area contributed by atoms with Crippen molar-refractivity contribution >= 4 is 5.97 Å². The van der Waals surface area contributed by atoms with Gasteiger partial charge in [-0.25, -0.2) is 4.79 Å². The molecule has 11 heavy (non-hydrogen) atoms. The average Bonchev–Trinajstić information content (AvgIpc) is 2.62. The summed E-state index contributed by atoms with van der Waals surface area (Å²) in [6.07, 6.45) is 0.764. The van der Waals surface area contributed by atoms with Gasteiger partial charge in [-0.3, -0.25) is 0 Å². The highest BCUT2D eigenvalue weighted by Crippen LogP contribution is 2.31. The summed E-state index contributed by atoms with van der Waals surface area (Å²) in [5.41, 5.74) is -0.653. The quantitative estimate of drug-likeness (QED) is 0.511. The number of hydrogen-bond acceptors (Lipinski definition) is 4. The Balaban J connectivity index is 2.16. The maximum absolute atomic E-state index is 11.2. The molecule has 4 nitrogen and oxygen atoms in total. The smallest absolute Gasteiger partial charge is 0.339 e. The first-order valence-corrected chi connectivity index (χ1v) is 3.73. The van der Waals surface area contributed by atoms with Gasteiger partial charge >= 0.3 is 5.97 Å². The van der Waals surface area contributed by atoms with Crippen molar-refractivity contribution in [3.05, 3.63) is 0 Å². The second-order valence-corrected chi connectivity index (χ2v) is 3.08. The molecule has 0 aromatic heterocycles. The minimum Gasteiger partial charge on any atom is -0.467 e. The first kappa shape index (κ1) is 7.06. The van der Waals surface area contributed by atoms with Gasteiger partial charge < -0.3 is 14.8 Å². The van der Waals surface area contributed by atoms with Crippen LogP contribution in [0.3, 0.4) is 0 Å². The monoisotopic (exact) mass is 157 g/mol. The van der Waals surface area contributed by atoms with Gasteiger partial charge in [0, 0.05) is 19.0 Å². The van der Waals surface area contributed by atoms with E-state index in [9.17, 15) is 4.79 Å². The number of methoxy groups -OCH3 is 1. The second kappa shape index (κ2) is 2.19. The van der Waals surface area contributed by atoms with Crippen LogP contribution >= 0.6 is 0 Å². The Morgan fingerprint density at radius 1 is 1.82 bits per heavy atom. The molecule has 0 saturated carbocycles. The van der Waals surface area contributed by atoms with Crippen molar-refractivity contribution in [3.8, 4) is 0 Å². The van der Waals surface area contributed by atoms with E-state index in [0.29, 0.717) is 19.2 Å². The minimum atomic E-state index is -0.653. The number of esters is 1. The molecule has 2 saturated heterocycles. The van der Waals surface area contributed by atoms with Crippen molar-refractivity contribution in [2.24, 2.45) is 0 Å². The molecule has 2 aliphatic rings. The van der Waals surface area contributed by atoms with E-state index in [0.717, 1.165) is 6.42 Å². The van der Waals surface area contributed by atoms with Crippen LogP contribution < -0.4 is 5.32 Å². The lowest BCUT2D eigenvalue weighted by Gasteiger charge is -2.23. The van der Waals surface area contributed by atoms with Crippen LogP contribution in [0.2, 0.25) is 0 Å². The molecule has 62 valence electrons. The Labute approximate surface area is 64.9 Å². The summed E-state index contributed by atoms with van der Waals surface area (Å²) in [4.78, 5) is 11.2. The topological polar surface area (TPSA) is 47.6 Å². The average molecular weight is 157 g/mol. The van der Waals surface area contributed by atoms with E-state index in [1.807, 2.05) is 0 Å². The van der Waals surface area contributed by atoms with Crippen LogP contribution in [-0.4, -0.2) is 37.9 Å². The highest BCUT2D eigenvalue weighted by atomic mass is 16.6. The van der Waals surface area contributed by atoms with Crippen molar-refractivity contribution in [2.75, 3.05) is 20.3 Å². The summed E-state index contributed by atoms with van der Waals surface area (Å²) in [5.74, 6) is -0.245. The molecule has 0 spiro atoms. The highest BCUT2D eigenvalue weighted by molar-refractivity contribution is 5.81. The highest BCUT2D eigenvalue weighted by Gasteiger charge is 2.52. The molecule has 1 N–H and O–H groups in total. The SMILES string of the molecule is COC(=O)C12CNC(CO1)C2. The first-order chi connectivity index (χ1) is 5.27. The van der Waals surface area contributed by atoms with E-state index in [1.165, 1.54) is 7.11 Å². The molecule has 2 fully saturated rings. The van der Waals surface area contributed by atoms with Gasteiger partial charge in [-0.05, 0) is 0 Å². The van der Waals surface area contributed by atoms with Gasteiger partial charge in [0.05, 0.1) is 13.7 Å². The van der Waals surface area contributed by atoms with E-state index in [4.69, 9.17) is 4.74 Å². The molecular formula is C7H11NO3. The lowest BCUT2D eigenvalue weighted by molar-refractivity contribution is -0.163. The zero-order chi connectivity index (χ0) is 7.90. The number of carbonyl (C=O) groups is 1. The predicted molar refractivity (Wildman–Crippen MR) is 37.1 cm³/mol. The molecule has 2 rings (SSSR count). The Hall–Kier alpha value is -0.610. The number of carbonyl (C=O) groups excluding carboxylic acids is 1. The molecule has 4 heteroatoms. The maximum atomic E-state index is 11.2. The molecule has 2 aliphatic heterocycles. The fourth-order valence-corrected chi connectivity index (χ4v) is 1.74. The first-order valence-electron chi connectivity index (χ1n) is 3.73. The Bertz CT molecular complexity index is 184. The number of nitrogens with one attached hydrogen (secondary N) is 1. The van der Waals surface area contributed by atoms with Crippen LogP contribution in [0.4, 0.5) is 0 Å². The van der Waals surface area contributed by atoms with Gasteiger partial charge in [0.1, 0.15) is 0 Å². The fourth-order valence-electron chi connectivity index (χ4n) is 1.74. The summed E-state index contributed by atoms with van der Waals surface area (Å²) in [5, 5.41) is 3.19. The van der Waals surface area contributed by atoms with Crippen LogP contribution in [0, 0.1) is 0 Å². The number of rotatable bonds is 1. The Morgan fingerprint density at radius 2 is 2.64 bits per heavy atom. The van der Waals surface area contributed by atoms with Crippen LogP contribution in [0.15, 0.2) is 0 Å². The third-order valence-electron chi connectivity index (χ3n) is 2.37. The van der Waals surface area contributed by atoms with E-state index >= 15 is 0 Å². The summed E-state index contributed by atoms with van der Waals surface area (Å²) >= 11 is 0. The van der Waals surface area contributed by atoms with Crippen molar-refractivity contribution in [1.29, 1.82) is 0 Å². The van der Waals surface area contributed by atoms with E-state index in [1.54, 1.807) is 0 Å². The third-order valence-corrected chi connectivity index (χ3v) is 2.37. The Morgan fingerprint density at radius 3 is 3.00 bits per heavy atom. The molecule has 2 heterocycles. The van der Waals surface area contributed by atoms with Gasteiger partial charge in [-0.15, -0.1) is 0 Å². The normalized spacial score (nSPS) is 41.0. The molecular weight excluding hydrogens is 146 g/mol. The summed E-state index contributed by atoms with van der Waals surface area (Å²) in [6.45, 7) is 1.24. The molecule has 0 amide bonds. The summed E-state index contributed by atoms with van der Waals surface area (Å²) in [7, 11) is 1.39. The van der Waals surface area contributed by atoms with Gasteiger partial charge in [0.2, 0.25) is 0 Å². The van der Waals surface area contributed by atoms with Crippen LogP contribution in [0.5, 0.6) is 0 Å². The molecule has 2 unspecified atom stereocenters. The number of morpholine rings is 1. The summed E-state index contributed by atoms with van der Waals surface area (Å²) in [6, 6.07) is 0.356. The number of fused-ring (bicyclic) bond motifs is 2. The fraction of sp³-hybridized carbons (Fsp3) is 0.857. The van der Waals surface area contributed by atoms with Gasteiger partial charge in [0.25, 0.3) is 0 Å². The number of hydrogen-bond donors (Lipinski definition) is 1. The van der Waals surface area contributed by atoms with Crippen molar-refractivity contribution in [1.82, 2.24) is 5.32 Å². The Kier molecular flexibility index (Phi) is 1.40. The molecule has 0 aliphatic carbocycles. The molecule has 2 bridgehead atoms. The van der Waals surface area contributed by atoms with Crippen molar-refractivity contribution in [2.45, 2.75) is 18.1 Å². The lowest BCUT2D eigenvalue weighted by atomic mass is 10.0.